The van der Waals surface area contributed by atoms with Crippen molar-refractivity contribution in [1.29, 1.82) is 0 Å². The number of amides is 2. The standard InChI is InChI=1S/C26H22N4O6/c31-25(14-8-19-4-10-23(11-5-19)29(33)34)27-17-21-2-1-3-22(16-21)18-28-26(32)15-9-20-6-12-24(13-7-20)30(35)36/h1-16H,17-18H2,(H,27,31)(H,28,32)/b14-8+,15-9+. The van der Waals surface area contributed by atoms with Crippen LogP contribution in [0.2, 0.25) is 0 Å². The molecule has 0 bridgehead atoms. The molecule has 2 N–H and O–H groups in total. The molecule has 2 amide bonds. The van der Waals surface area contributed by atoms with Gasteiger partial charge in [0.15, 0.2) is 0 Å². The van der Waals surface area contributed by atoms with Gasteiger partial charge < -0.3 is 10.6 Å². The molecule has 0 atom stereocenters. The molecule has 0 spiro atoms. The number of non-ortho nitro benzene ring substituents is 2. The van der Waals surface area contributed by atoms with Crippen LogP contribution >= 0.6 is 0 Å². The van der Waals surface area contributed by atoms with Crippen molar-refractivity contribution in [3.63, 3.8) is 0 Å². The molecule has 0 aliphatic rings. The van der Waals surface area contributed by atoms with E-state index < -0.39 is 9.85 Å². The minimum Gasteiger partial charge on any atom is -0.348 e. The van der Waals surface area contributed by atoms with Crippen LogP contribution in [0.15, 0.2) is 84.9 Å². The Morgan fingerprint density at radius 2 is 1.06 bits per heavy atom. The van der Waals surface area contributed by atoms with Crippen LogP contribution in [0.4, 0.5) is 11.4 Å². The van der Waals surface area contributed by atoms with Crippen LogP contribution in [-0.2, 0) is 22.7 Å². The van der Waals surface area contributed by atoms with E-state index in [1.165, 1.54) is 36.4 Å². The van der Waals surface area contributed by atoms with Gasteiger partial charge in [0.2, 0.25) is 11.8 Å². The van der Waals surface area contributed by atoms with E-state index in [2.05, 4.69) is 10.6 Å². The van der Waals surface area contributed by atoms with Gasteiger partial charge in [0, 0.05) is 49.5 Å². The second-order valence-electron chi connectivity index (χ2n) is 7.62. The van der Waals surface area contributed by atoms with Crippen molar-refractivity contribution in [2.45, 2.75) is 13.1 Å². The molecule has 3 aromatic rings. The van der Waals surface area contributed by atoms with Crippen LogP contribution in [0.1, 0.15) is 22.3 Å². The number of carbonyl (C=O) groups is 2. The number of hydrogen-bond acceptors (Lipinski definition) is 6. The number of benzene rings is 3. The van der Waals surface area contributed by atoms with Gasteiger partial charge in [-0.25, -0.2) is 0 Å². The van der Waals surface area contributed by atoms with E-state index >= 15 is 0 Å². The van der Waals surface area contributed by atoms with Crippen LogP contribution in [0.5, 0.6) is 0 Å². The molecule has 0 saturated heterocycles. The Balaban J connectivity index is 1.46. The molecule has 0 unspecified atom stereocenters. The minimum atomic E-state index is -0.488. The summed E-state index contributed by atoms with van der Waals surface area (Å²) in [6.45, 7) is 0.566. The fourth-order valence-electron chi connectivity index (χ4n) is 3.10. The van der Waals surface area contributed by atoms with Gasteiger partial charge >= 0.3 is 0 Å². The second-order valence-corrected chi connectivity index (χ2v) is 7.62. The zero-order valence-corrected chi connectivity index (χ0v) is 19.0. The molecule has 10 heteroatoms. The van der Waals surface area contributed by atoms with E-state index in [-0.39, 0.29) is 36.3 Å². The van der Waals surface area contributed by atoms with Gasteiger partial charge in [0.1, 0.15) is 0 Å². The zero-order valence-electron chi connectivity index (χ0n) is 19.0. The fraction of sp³-hybridized carbons (Fsp3) is 0.0769. The van der Waals surface area contributed by atoms with E-state index in [9.17, 15) is 29.8 Å². The van der Waals surface area contributed by atoms with Crippen LogP contribution in [0, 0.1) is 20.2 Å². The molecule has 0 radical (unpaired) electrons. The number of nitrogens with one attached hydrogen (secondary N) is 2. The maximum atomic E-state index is 12.1. The Labute approximate surface area is 206 Å². The highest BCUT2D eigenvalue weighted by atomic mass is 16.6. The van der Waals surface area contributed by atoms with Gasteiger partial charge in [0.05, 0.1) is 9.85 Å². The number of nitrogens with zero attached hydrogens (tertiary/aromatic N) is 2. The third kappa shape index (κ3) is 8.03. The van der Waals surface area contributed by atoms with Crippen LogP contribution < -0.4 is 10.6 Å². The largest absolute Gasteiger partial charge is 0.348 e. The molecule has 36 heavy (non-hydrogen) atoms. The molecule has 0 aliphatic carbocycles. The molecule has 0 heterocycles. The molecular formula is C26H22N4O6. The van der Waals surface area contributed by atoms with E-state index in [1.54, 1.807) is 36.4 Å². The average molecular weight is 486 g/mol. The lowest BCUT2D eigenvalue weighted by Crippen LogP contribution is -2.21. The van der Waals surface area contributed by atoms with E-state index in [1.807, 2.05) is 24.3 Å². The first-order valence-corrected chi connectivity index (χ1v) is 10.8. The molecule has 182 valence electrons. The van der Waals surface area contributed by atoms with Crippen molar-refractivity contribution < 1.29 is 19.4 Å². The Hall–Kier alpha value is -5.12. The Kier molecular flexibility index (Phi) is 8.76. The van der Waals surface area contributed by atoms with Gasteiger partial charge in [-0.05, 0) is 58.7 Å². The van der Waals surface area contributed by atoms with E-state index in [4.69, 9.17) is 0 Å². The first-order chi connectivity index (χ1) is 17.3. The van der Waals surface area contributed by atoms with Crippen molar-refractivity contribution >= 4 is 35.3 Å². The molecule has 0 saturated carbocycles. The third-order valence-corrected chi connectivity index (χ3v) is 4.99. The summed E-state index contributed by atoms with van der Waals surface area (Å²) in [4.78, 5) is 44.6. The van der Waals surface area contributed by atoms with Gasteiger partial charge in [-0.3, -0.25) is 29.8 Å². The number of hydrogen-bond donors (Lipinski definition) is 2. The molecule has 0 aromatic heterocycles. The molecule has 10 nitrogen and oxygen atoms in total. The second kappa shape index (κ2) is 12.4. The van der Waals surface area contributed by atoms with E-state index in [0.29, 0.717) is 11.1 Å². The monoisotopic (exact) mass is 486 g/mol. The highest BCUT2D eigenvalue weighted by Gasteiger charge is 2.05. The SMILES string of the molecule is O=C(/C=C/c1ccc([N+](=O)[O-])cc1)NCc1cccc(CNC(=O)/C=C/c2ccc([N+](=O)[O-])cc2)c1. The molecule has 3 aromatic carbocycles. The third-order valence-electron chi connectivity index (χ3n) is 4.99. The van der Waals surface area contributed by atoms with Crippen LogP contribution in [0.3, 0.4) is 0 Å². The zero-order chi connectivity index (χ0) is 25.9. The van der Waals surface area contributed by atoms with Gasteiger partial charge in [-0.2, -0.15) is 0 Å². The summed E-state index contributed by atoms with van der Waals surface area (Å²) >= 11 is 0. The summed E-state index contributed by atoms with van der Waals surface area (Å²) < 4.78 is 0. The molecule has 0 fully saturated rings. The highest BCUT2D eigenvalue weighted by molar-refractivity contribution is 5.92. The highest BCUT2D eigenvalue weighted by Crippen LogP contribution is 2.14. The number of nitro benzene ring substituents is 2. The summed E-state index contributed by atoms with van der Waals surface area (Å²) in [6.07, 6.45) is 5.83. The number of carbonyl (C=O) groups excluding carboxylic acids is 2. The molecular weight excluding hydrogens is 464 g/mol. The lowest BCUT2D eigenvalue weighted by Gasteiger charge is -2.07. The average Bonchev–Trinajstić information content (AvgIpc) is 2.89. The van der Waals surface area contributed by atoms with Crippen molar-refractivity contribution in [2.24, 2.45) is 0 Å². The van der Waals surface area contributed by atoms with Crippen LogP contribution in [0.25, 0.3) is 12.2 Å². The predicted molar refractivity (Wildman–Crippen MR) is 134 cm³/mol. The van der Waals surface area contributed by atoms with Gasteiger partial charge in [-0.1, -0.05) is 24.3 Å². The molecule has 3 rings (SSSR count). The number of rotatable bonds is 10. The fourth-order valence-corrected chi connectivity index (χ4v) is 3.10. The van der Waals surface area contributed by atoms with Crippen molar-refractivity contribution in [3.05, 3.63) is 127 Å². The van der Waals surface area contributed by atoms with Gasteiger partial charge in [-0.15, -0.1) is 0 Å². The lowest BCUT2D eigenvalue weighted by atomic mass is 10.1. The Morgan fingerprint density at radius 1 is 0.667 bits per heavy atom. The quantitative estimate of drug-likeness (QED) is 0.250. The van der Waals surface area contributed by atoms with Crippen molar-refractivity contribution in [1.82, 2.24) is 10.6 Å². The minimum absolute atomic E-state index is 0.0202. The smallest absolute Gasteiger partial charge is 0.269 e. The summed E-state index contributed by atoms with van der Waals surface area (Å²) in [7, 11) is 0. The summed E-state index contributed by atoms with van der Waals surface area (Å²) in [5.74, 6) is -0.633. The maximum Gasteiger partial charge on any atom is 0.269 e. The van der Waals surface area contributed by atoms with Gasteiger partial charge in [0.25, 0.3) is 11.4 Å². The normalized spacial score (nSPS) is 10.9. The summed E-state index contributed by atoms with van der Waals surface area (Å²) in [5, 5.41) is 26.9. The van der Waals surface area contributed by atoms with E-state index in [0.717, 1.165) is 11.1 Å². The Bertz CT molecular complexity index is 1220. The first kappa shape index (κ1) is 25.5. The summed E-state index contributed by atoms with van der Waals surface area (Å²) in [6, 6.07) is 19.1. The number of nitro groups is 2. The topological polar surface area (TPSA) is 144 Å². The molecule has 0 aliphatic heterocycles. The summed E-state index contributed by atoms with van der Waals surface area (Å²) in [5.41, 5.74) is 2.98. The van der Waals surface area contributed by atoms with Crippen molar-refractivity contribution in [3.8, 4) is 0 Å². The maximum absolute atomic E-state index is 12.1. The lowest BCUT2D eigenvalue weighted by molar-refractivity contribution is -0.385. The Morgan fingerprint density at radius 3 is 1.42 bits per heavy atom. The first-order valence-electron chi connectivity index (χ1n) is 10.8. The van der Waals surface area contributed by atoms with Crippen LogP contribution in [-0.4, -0.2) is 21.7 Å². The van der Waals surface area contributed by atoms with Crippen molar-refractivity contribution in [2.75, 3.05) is 0 Å². The predicted octanol–water partition coefficient (Wildman–Crippen LogP) is 4.16.